The van der Waals surface area contributed by atoms with Gasteiger partial charge in [0.1, 0.15) is 0 Å². The summed E-state index contributed by atoms with van der Waals surface area (Å²) in [7, 11) is -3.70. The van der Waals surface area contributed by atoms with Crippen LogP contribution in [0, 0.1) is 23.0 Å². The average Bonchev–Trinajstić information content (AvgIpc) is 2.70. The number of nitrogens with zero attached hydrogens (tertiary/aromatic N) is 2. The number of sulfonamides is 1. The molecule has 2 aromatic carbocycles. The second-order valence-corrected chi connectivity index (χ2v) is 9.76. The van der Waals surface area contributed by atoms with Crippen LogP contribution in [0.3, 0.4) is 0 Å². The maximum atomic E-state index is 12.9. The summed E-state index contributed by atoms with van der Waals surface area (Å²) < 4.78 is 27.9. The molecule has 1 aliphatic heterocycles. The fourth-order valence-corrected chi connectivity index (χ4v) is 5.01. The van der Waals surface area contributed by atoms with E-state index in [1.807, 2.05) is 0 Å². The number of hydrogen-bond acceptors (Lipinski definition) is 5. The van der Waals surface area contributed by atoms with Crippen molar-refractivity contribution in [3.63, 3.8) is 0 Å². The van der Waals surface area contributed by atoms with E-state index in [0.29, 0.717) is 30.6 Å². The molecular weight excluding hydrogens is 462 g/mol. The zero-order valence-electron chi connectivity index (χ0n) is 15.7. The van der Waals surface area contributed by atoms with Crippen LogP contribution in [0.1, 0.15) is 18.4 Å². The lowest BCUT2D eigenvalue weighted by atomic mass is 9.98. The molecule has 8 nitrogen and oxygen atoms in total. The Morgan fingerprint density at radius 2 is 1.93 bits per heavy atom. The molecule has 3 rings (SSSR count). The van der Waals surface area contributed by atoms with Crippen LogP contribution >= 0.6 is 15.9 Å². The fraction of sp³-hybridized carbons (Fsp3) is 0.316. The number of non-ortho nitro benzene ring substituents is 1. The van der Waals surface area contributed by atoms with Crippen LogP contribution in [0.5, 0.6) is 0 Å². The summed E-state index contributed by atoms with van der Waals surface area (Å²) in [5.41, 5.74) is 0.935. The molecule has 154 valence electrons. The number of benzene rings is 2. The van der Waals surface area contributed by atoms with E-state index in [0.717, 1.165) is 4.47 Å². The van der Waals surface area contributed by atoms with Crippen molar-refractivity contribution in [3.05, 3.63) is 62.6 Å². The average molecular weight is 482 g/mol. The molecule has 0 radical (unpaired) electrons. The first-order chi connectivity index (χ1) is 13.7. The van der Waals surface area contributed by atoms with Crippen molar-refractivity contribution in [2.24, 2.45) is 5.92 Å². The molecule has 0 unspecified atom stereocenters. The summed E-state index contributed by atoms with van der Waals surface area (Å²) in [6, 6.07) is 10.6. The maximum Gasteiger partial charge on any atom is 0.271 e. The number of aryl methyl sites for hydroxylation is 1. The number of halogens is 1. The molecule has 0 aliphatic carbocycles. The third kappa shape index (κ3) is 4.82. The Balaban J connectivity index is 1.75. The number of nitro benzene ring substituents is 1. The lowest BCUT2D eigenvalue weighted by molar-refractivity contribution is -0.384. The summed E-state index contributed by atoms with van der Waals surface area (Å²) in [5.74, 6) is -0.878. The summed E-state index contributed by atoms with van der Waals surface area (Å²) in [6.45, 7) is 2.15. The van der Waals surface area contributed by atoms with Gasteiger partial charge in [-0.15, -0.1) is 0 Å². The summed E-state index contributed by atoms with van der Waals surface area (Å²) in [5, 5.41) is 13.7. The Morgan fingerprint density at radius 3 is 2.59 bits per heavy atom. The molecule has 1 fully saturated rings. The molecule has 1 heterocycles. The number of piperidine rings is 1. The Hall–Kier alpha value is -2.30. The van der Waals surface area contributed by atoms with Crippen LogP contribution in [0.4, 0.5) is 11.4 Å². The number of anilines is 1. The maximum absolute atomic E-state index is 12.9. The van der Waals surface area contributed by atoms with Gasteiger partial charge in [-0.05, 0) is 49.6 Å². The van der Waals surface area contributed by atoms with Crippen molar-refractivity contribution < 1.29 is 18.1 Å². The summed E-state index contributed by atoms with van der Waals surface area (Å²) >= 11 is 3.28. The molecule has 1 saturated heterocycles. The number of carbonyl (C=O) groups excluding carboxylic acids is 1. The quantitative estimate of drug-likeness (QED) is 0.516. The highest BCUT2D eigenvalue weighted by Crippen LogP contribution is 2.27. The van der Waals surface area contributed by atoms with E-state index < -0.39 is 20.9 Å². The molecule has 2 aromatic rings. The second kappa shape index (κ2) is 8.60. The molecular formula is C19H20BrN3O5S. The van der Waals surface area contributed by atoms with Gasteiger partial charge < -0.3 is 5.32 Å². The van der Waals surface area contributed by atoms with Gasteiger partial charge in [0.25, 0.3) is 5.69 Å². The highest BCUT2D eigenvalue weighted by molar-refractivity contribution is 9.10. The highest BCUT2D eigenvalue weighted by atomic mass is 79.9. The van der Waals surface area contributed by atoms with Gasteiger partial charge in [-0.2, -0.15) is 4.31 Å². The first-order valence-electron chi connectivity index (χ1n) is 9.00. The van der Waals surface area contributed by atoms with E-state index in [-0.39, 0.29) is 23.0 Å². The predicted molar refractivity (Wildman–Crippen MR) is 112 cm³/mol. The van der Waals surface area contributed by atoms with Crippen molar-refractivity contribution >= 4 is 43.2 Å². The van der Waals surface area contributed by atoms with E-state index in [4.69, 9.17) is 0 Å². The molecule has 1 atom stereocenters. The van der Waals surface area contributed by atoms with Crippen LogP contribution < -0.4 is 5.32 Å². The van der Waals surface area contributed by atoms with Gasteiger partial charge in [-0.1, -0.05) is 22.0 Å². The van der Waals surface area contributed by atoms with Crippen LogP contribution in [-0.2, 0) is 14.8 Å². The van der Waals surface area contributed by atoms with E-state index in [1.54, 1.807) is 25.1 Å². The van der Waals surface area contributed by atoms with Crippen molar-refractivity contribution in [2.45, 2.75) is 24.7 Å². The molecule has 10 heteroatoms. The molecule has 0 bridgehead atoms. The van der Waals surface area contributed by atoms with Crippen LogP contribution in [0.15, 0.2) is 51.8 Å². The Morgan fingerprint density at radius 1 is 1.24 bits per heavy atom. The fourth-order valence-electron chi connectivity index (χ4n) is 3.22. The summed E-state index contributed by atoms with van der Waals surface area (Å²) in [4.78, 5) is 23.4. The SMILES string of the molecule is Cc1ccc([N+](=O)[O-])cc1NC(=O)[C@H]1CCCN(S(=O)(=O)c2ccc(Br)cc2)C1. The lowest BCUT2D eigenvalue weighted by Gasteiger charge is -2.31. The van der Waals surface area contributed by atoms with Crippen LogP contribution in [0.25, 0.3) is 0 Å². The number of nitro groups is 1. The monoisotopic (exact) mass is 481 g/mol. The highest BCUT2D eigenvalue weighted by Gasteiger charge is 2.33. The molecule has 1 N–H and O–H groups in total. The second-order valence-electron chi connectivity index (χ2n) is 6.90. The number of carbonyl (C=O) groups is 1. The summed E-state index contributed by atoms with van der Waals surface area (Å²) in [6.07, 6.45) is 1.11. The third-order valence-electron chi connectivity index (χ3n) is 4.90. The molecule has 1 aliphatic rings. The molecule has 29 heavy (non-hydrogen) atoms. The Bertz CT molecular complexity index is 1040. The van der Waals surface area contributed by atoms with Crippen molar-refractivity contribution in [1.82, 2.24) is 4.31 Å². The minimum atomic E-state index is -3.70. The predicted octanol–water partition coefficient (Wildman–Crippen LogP) is 3.71. The van der Waals surface area contributed by atoms with Crippen LogP contribution in [0.2, 0.25) is 0 Å². The van der Waals surface area contributed by atoms with Gasteiger partial charge in [0, 0.05) is 29.7 Å². The van der Waals surface area contributed by atoms with Crippen molar-refractivity contribution in [3.8, 4) is 0 Å². The van der Waals surface area contributed by atoms with E-state index in [2.05, 4.69) is 21.2 Å². The third-order valence-corrected chi connectivity index (χ3v) is 7.30. The van der Waals surface area contributed by atoms with Crippen molar-refractivity contribution in [2.75, 3.05) is 18.4 Å². The van der Waals surface area contributed by atoms with Gasteiger partial charge >= 0.3 is 0 Å². The zero-order valence-corrected chi connectivity index (χ0v) is 18.1. The van der Waals surface area contributed by atoms with Gasteiger partial charge in [-0.3, -0.25) is 14.9 Å². The molecule has 1 amide bonds. The van der Waals surface area contributed by atoms with Crippen LogP contribution in [-0.4, -0.2) is 36.6 Å². The zero-order chi connectivity index (χ0) is 21.2. The Labute approximate surface area is 177 Å². The minimum absolute atomic E-state index is 0.0677. The number of hydrogen-bond donors (Lipinski definition) is 1. The molecule has 0 saturated carbocycles. The Kier molecular flexibility index (Phi) is 6.35. The van der Waals surface area contributed by atoms with E-state index >= 15 is 0 Å². The number of nitrogens with one attached hydrogen (secondary N) is 1. The van der Waals surface area contributed by atoms with Gasteiger partial charge in [0.2, 0.25) is 15.9 Å². The minimum Gasteiger partial charge on any atom is -0.325 e. The van der Waals surface area contributed by atoms with Gasteiger partial charge in [-0.25, -0.2) is 8.42 Å². The van der Waals surface area contributed by atoms with E-state index in [1.165, 1.54) is 28.6 Å². The largest absolute Gasteiger partial charge is 0.325 e. The molecule has 0 aromatic heterocycles. The number of amides is 1. The number of rotatable bonds is 5. The molecule has 0 spiro atoms. The first kappa shape index (κ1) is 21.4. The van der Waals surface area contributed by atoms with Gasteiger partial charge in [0.15, 0.2) is 0 Å². The first-order valence-corrected chi connectivity index (χ1v) is 11.2. The smallest absolute Gasteiger partial charge is 0.271 e. The van der Waals surface area contributed by atoms with Gasteiger partial charge in [0.05, 0.1) is 21.4 Å². The van der Waals surface area contributed by atoms with Crippen molar-refractivity contribution in [1.29, 1.82) is 0 Å². The lowest BCUT2D eigenvalue weighted by Crippen LogP contribution is -2.43. The standard InChI is InChI=1S/C19H20BrN3O5S/c1-13-4-7-16(23(25)26)11-18(13)21-19(24)14-3-2-10-22(12-14)29(27,28)17-8-5-15(20)6-9-17/h4-9,11,14H,2-3,10,12H2,1H3,(H,21,24)/t14-/m0/s1. The van der Waals surface area contributed by atoms with E-state index in [9.17, 15) is 23.3 Å². The topological polar surface area (TPSA) is 110 Å². The normalized spacial score (nSPS) is 17.7.